The zero-order chi connectivity index (χ0) is 32.6. The number of amides is 2. The van der Waals surface area contributed by atoms with Crippen LogP contribution in [0.3, 0.4) is 0 Å². The number of nitrogens with zero attached hydrogens (tertiary/aromatic N) is 2. The predicted molar refractivity (Wildman–Crippen MR) is 178 cm³/mol. The minimum absolute atomic E-state index is 0.0213. The van der Waals surface area contributed by atoms with Crippen molar-refractivity contribution in [2.24, 2.45) is 0 Å². The summed E-state index contributed by atoms with van der Waals surface area (Å²) in [5.41, 5.74) is 1.34. The van der Waals surface area contributed by atoms with Gasteiger partial charge >= 0.3 is 0 Å². The third-order valence-electron chi connectivity index (χ3n) is 7.01. The molecule has 45 heavy (non-hydrogen) atoms. The second-order valence-corrected chi connectivity index (χ2v) is 13.9. The number of carbonyl (C=O) groups is 2. The van der Waals surface area contributed by atoms with Crippen molar-refractivity contribution in [2.45, 2.75) is 50.2 Å². The van der Waals surface area contributed by atoms with Crippen LogP contribution in [0.1, 0.15) is 31.9 Å². The smallest absolute Gasteiger partial charge is 0.264 e. The highest BCUT2D eigenvalue weighted by Gasteiger charge is 2.35. The number of anilines is 1. The highest BCUT2D eigenvalue weighted by molar-refractivity contribution is 7.92. The summed E-state index contributed by atoms with van der Waals surface area (Å²) in [5, 5.41) is 3.44. The summed E-state index contributed by atoms with van der Waals surface area (Å²) in [6.45, 7) is 5.15. The lowest BCUT2D eigenvalue weighted by atomic mass is 10.0. The zero-order valence-corrected chi connectivity index (χ0v) is 27.4. The van der Waals surface area contributed by atoms with Gasteiger partial charge in [-0.2, -0.15) is 0 Å². The molecular formula is C35H38ClN3O5S. The van der Waals surface area contributed by atoms with Crippen molar-refractivity contribution in [3.05, 3.63) is 125 Å². The van der Waals surface area contributed by atoms with E-state index >= 15 is 0 Å². The summed E-state index contributed by atoms with van der Waals surface area (Å²) in [5.74, 6) is -0.395. The number of sulfonamides is 1. The fourth-order valence-electron chi connectivity index (χ4n) is 4.80. The molecule has 0 radical (unpaired) electrons. The molecule has 0 aliphatic rings. The molecule has 0 fully saturated rings. The van der Waals surface area contributed by atoms with Crippen molar-refractivity contribution in [2.75, 3.05) is 18.0 Å². The molecule has 0 bridgehead atoms. The van der Waals surface area contributed by atoms with E-state index in [1.165, 1.54) is 24.1 Å². The SMILES string of the molecule is COc1ccc(S(=O)(=O)N(CC(=O)N(Cc2ccccc2)[C@H](Cc2ccccc2)C(=O)NC(C)(C)C)c2ccc(Cl)cc2)cc1. The largest absolute Gasteiger partial charge is 0.497 e. The number of carbonyl (C=O) groups excluding carboxylic acids is 2. The van der Waals surface area contributed by atoms with Gasteiger partial charge in [0.25, 0.3) is 10.0 Å². The lowest BCUT2D eigenvalue weighted by Gasteiger charge is -2.35. The van der Waals surface area contributed by atoms with Crippen molar-refractivity contribution < 1.29 is 22.7 Å². The number of rotatable bonds is 12. The summed E-state index contributed by atoms with van der Waals surface area (Å²) < 4.78 is 34.5. The van der Waals surface area contributed by atoms with Crippen molar-refractivity contribution in [3.63, 3.8) is 0 Å². The second kappa shape index (κ2) is 14.6. The maximum absolute atomic E-state index is 14.5. The molecule has 0 heterocycles. The van der Waals surface area contributed by atoms with Crippen LogP contribution in [-0.2, 0) is 32.6 Å². The van der Waals surface area contributed by atoms with Crippen LogP contribution in [0, 0.1) is 0 Å². The molecule has 2 amide bonds. The maximum atomic E-state index is 14.5. The Morgan fingerprint density at radius 3 is 1.91 bits per heavy atom. The van der Waals surface area contributed by atoms with Gasteiger partial charge in [0.2, 0.25) is 11.8 Å². The molecule has 0 unspecified atom stereocenters. The first-order chi connectivity index (χ1) is 21.4. The molecule has 10 heteroatoms. The fourth-order valence-corrected chi connectivity index (χ4v) is 6.34. The molecule has 0 aromatic heterocycles. The first-order valence-electron chi connectivity index (χ1n) is 14.5. The summed E-state index contributed by atoms with van der Waals surface area (Å²) in [4.78, 5) is 29.8. The van der Waals surface area contributed by atoms with E-state index in [1.54, 1.807) is 36.4 Å². The molecule has 1 N–H and O–H groups in total. The maximum Gasteiger partial charge on any atom is 0.264 e. The number of benzene rings is 4. The fraction of sp³-hybridized carbons (Fsp3) is 0.257. The van der Waals surface area contributed by atoms with Gasteiger partial charge in [0.15, 0.2) is 0 Å². The Morgan fingerprint density at radius 1 is 0.822 bits per heavy atom. The number of hydrogen-bond donors (Lipinski definition) is 1. The Hall–Kier alpha value is -4.34. The normalized spacial score (nSPS) is 12.2. The topological polar surface area (TPSA) is 96.0 Å². The van der Waals surface area contributed by atoms with E-state index in [2.05, 4.69) is 5.32 Å². The molecule has 4 rings (SSSR count). The minimum atomic E-state index is -4.24. The van der Waals surface area contributed by atoms with Crippen molar-refractivity contribution in [1.82, 2.24) is 10.2 Å². The second-order valence-electron chi connectivity index (χ2n) is 11.6. The lowest BCUT2D eigenvalue weighted by Crippen LogP contribution is -2.56. The van der Waals surface area contributed by atoms with Crippen LogP contribution in [0.2, 0.25) is 5.02 Å². The minimum Gasteiger partial charge on any atom is -0.497 e. The standard InChI is InChI=1S/C35H38ClN3O5S/c1-35(2,3)37-34(41)32(23-26-11-7-5-8-12-26)38(24-27-13-9-6-10-14-27)33(40)25-39(29-17-15-28(36)16-18-29)45(42,43)31-21-19-30(44-4)20-22-31/h5-22,32H,23-25H2,1-4H3,(H,37,41)/t32-/m1/s1. The molecule has 0 saturated carbocycles. The molecule has 4 aromatic carbocycles. The first-order valence-corrected chi connectivity index (χ1v) is 16.3. The van der Waals surface area contributed by atoms with Crippen molar-refractivity contribution >= 4 is 39.1 Å². The molecule has 4 aromatic rings. The summed E-state index contributed by atoms with van der Waals surface area (Å²) in [6, 6.07) is 30.0. The highest BCUT2D eigenvalue weighted by Crippen LogP contribution is 2.27. The van der Waals surface area contributed by atoms with Crippen LogP contribution in [-0.4, -0.2) is 50.4 Å². The predicted octanol–water partition coefficient (Wildman–Crippen LogP) is 6.10. The van der Waals surface area contributed by atoms with Gasteiger partial charge in [0.05, 0.1) is 17.7 Å². The summed E-state index contributed by atoms with van der Waals surface area (Å²) in [7, 11) is -2.75. The first kappa shape index (κ1) is 33.6. The molecular weight excluding hydrogens is 610 g/mol. The van der Waals surface area contributed by atoms with Crippen LogP contribution in [0.4, 0.5) is 5.69 Å². The lowest BCUT2D eigenvalue weighted by molar-refractivity contribution is -0.140. The molecule has 0 aliphatic heterocycles. The van der Waals surface area contributed by atoms with Crippen LogP contribution < -0.4 is 14.4 Å². The number of ether oxygens (including phenoxy) is 1. The van der Waals surface area contributed by atoms with E-state index in [0.717, 1.165) is 15.4 Å². The molecule has 0 spiro atoms. The van der Waals surface area contributed by atoms with Crippen LogP contribution in [0.25, 0.3) is 0 Å². The average Bonchev–Trinajstić information content (AvgIpc) is 3.02. The van der Waals surface area contributed by atoms with Gasteiger partial charge in [-0.1, -0.05) is 72.3 Å². The number of hydrogen-bond acceptors (Lipinski definition) is 5. The van der Waals surface area contributed by atoms with E-state index in [4.69, 9.17) is 16.3 Å². The van der Waals surface area contributed by atoms with Gasteiger partial charge in [-0.05, 0) is 80.4 Å². The van der Waals surface area contributed by atoms with Gasteiger partial charge < -0.3 is 15.0 Å². The van der Waals surface area contributed by atoms with Gasteiger partial charge in [0, 0.05) is 23.5 Å². The van der Waals surface area contributed by atoms with Crippen LogP contribution >= 0.6 is 11.6 Å². The Morgan fingerprint density at radius 2 is 1.38 bits per heavy atom. The van der Waals surface area contributed by atoms with Crippen molar-refractivity contribution in [3.8, 4) is 5.75 Å². The Balaban J connectivity index is 1.80. The van der Waals surface area contributed by atoms with Gasteiger partial charge in [-0.25, -0.2) is 8.42 Å². The Labute approximate surface area is 270 Å². The summed E-state index contributed by atoms with van der Waals surface area (Å²) >= 11 is 6.13. The third-order valence-corrected chi connectivity index (χ3v) is 9.05. The van der Waals surface area contributed by atoms with E-state index in [-0.39, 0.29) is 29.5 Å². The van der Waals surface area contributed by atoms with Crippen LogP contribution in [0.15, 0.2) is 114 Å². The number of halogens is 1. The monoisotopic (exact) mass is 647 g/mol. The molecule has 1 atom stereocenters. The third kappa shape index (κ3) is 9.09. The molecule has 0 aliphatic carbocycles. The molecule has 8 nitrogen and oxygen atoms in total. The van der Waals surface area contributed by atoms with E-state index in [1.807, 2.05) is 81.4 Å². The quantitative estimate of drug-likeness (QED) is 0.201. The van der Waals surface area contributed by atoms with Gasteiger partial charge in [0.1, 0.15) is 18.3 Å². The Kier molecular flexibility index (Phi) is 10.9. The van der Waals surface area contributed by atoms with Crippen molar-refractivity contribution in [1.29, 1.82) is 0 Å². The van der Waals surface area contributed by atoms with Crippen LogP contribution in [0.5, 0.6) is 5.75 Å². The number of nitrogens with one attached hydrogen (secondary N) is 1. The van der Waals surface area contributed by atoms with E-state index in [0.29, 0.717) is 10.8 Å². The molecule has 236 valence electrons. The summed E-state index contributed by atoms with van der Waals surface area (Å²) in [6.07, 6.45) is 0.230. The highest BCUT2D eigenvalue weighted by atomic mass is 35.5. The van der Waals surface area contributed by atoms with Gasteiger partial charge in [-0.3, -0.25) is 13.9 Å². The number of methoxy groups -OCH3 is 1. The average molecular weight is 648 g/mol. The van der Waals surface area contributed by atoms with E-state index in [9.17, 15) is 18.0 Å². The van der Waals surface area contributed by atoms with E-state index < -0.39 is 34.1 Å². The Bertz CT molecular complexity index is 1680. The molecule has 0 saturated heterocycles. The van der Waals surface area contributed by atoms with Gasteiger partial charge in [-0.15, -0.1) is 0 Å². The zero-order valence-electron chi connectivity index (χ0n) is 25.8.